The summed E-state index contributed by atoms with van der Waals surface area (Å²) in [7, 11) is 0. The molecular formula is C27H34N4O4. The number of morpholine rings is 1. The van der Waals surface area contributed by atoms with E-state index < -0.39 is 18.5 Å². The molecule has 35 heavy (non-hydrogen) atoms. The molecule has 1 aromatic carbocycles. The lowest BCUT2D eigenvalue weighted by molar-refractivity contribution is -0.142. The number of esters is 1. The molecule has 1 saturated heterocycles. The summed E-state index contributed by atoms with van der Waals surface area (Å²) in [5.41, 5.74) is 4.45. The standard InChI is InChI=1S/C27H34N4O4/c1-19(2)16-31-20(3)13-23(21(31)4)14-24(15-28)27(33)35-18-26(32)29-25-7-5-22(6-8-25)17-30-9-11-34-12-10-30/h5-8,13-14,19H,9-12,16-18H2,1-4H3,(H,29,32)/b24-14+. The van der Waals surface area contributed by atoms with Gasteiger partial charge in [-0.05, 0) is 55.2 Å². The van der Waals surface area contributed by atoms with Gasteiger partial charge in [-0.15, -0.1) is 0 Å². The van der Waals surface area contributed by atoms with E-state index in [1.165, 1.54) is 6.08 Å². The highest BCUT2D eigenvalue weighted by Gasteiger charge is 2.16. The van der Waals surface area contributed by atoms with E-state index in [9.17, 15) is 14.9 Å². The number of hydrogen-bond acceptors (Lipinski definition) is 6. The number of hydrogen-bond donors (Lipinski definition) is 1. The Morgan fingerprint density at radius 3 is 2.51 bits per heavy atom. The quantitative estimate of drug-likeness (QED) is 0.336. The van der Waals surface area contributed by atoms with Gasteiger partial charge >= 0.3 is 5.97 Å². The van der Waals surface area contributed by atoms with Gasteiger partial charge < -0.3 is 19.4 Å². The first-order valence-corrected chi connectivity index (χ1v) is 11.9. The molecular weight excluding hydrogens is 444 g/mol. The summed E-state index contributed by atoms with van der Waals surface area (Å²) in [6.45, 7) is 12.8. The monoisotopic (exact) mass is 478 g/mol. The Kier molecular flexibility index (Phi) is 9.24. The van der Waals surface area contributed by atoms with Crippen molar-refractivity contribution in [2.75, 3.05) is 38.2 Å². The molecule has 0 unspecified atom stereocenters. The van der Waals surface area contributed by atoms with Crippen molar-refractivity contribution in [3.05, 3.63) is 58.4 Å². The Morgan fingerprint density at radius 1 is 1.20 bits per heavy atom. The molecule has 2 aromatic rings. The minimum Gasteiger partial charge on any atom is -0.451 e. The fourth-order valence-electron chi connectivity index (χ4n) is 4.03. The first-order valence-electron chi connectivity index (χ1n) is 11.9. The zero-order valence-electron chi connectivity index (χ0n) is 21.0. The Hall–Kier alpha value is -3.41. The molecule has 0 bridgehead atoms. The molecule has 3 rings (SSSR count). The summed E-state index contributed by atoms with van der Waals surface area (Å²) >= 11 is 0. The molecule has 1 aliphatic heterocycles. The van der Waals surface area contributed by atoms with Gasteiger partial charge in [0.2, 0.25) is 0 Å². The molecule has 0 aliphatic carbocycles. The van der Waals surface area contributed by atoms with Crippen molar-refractivity contribution in [2.24, 2.45) is 5.92 Å². The fourth-order valence-corrected chi connectivity index (χ4v) is 4.03. The van der Waals surface area contributed by atoms with Crippen LogP contribution in [-0.4, -0.2) is 54.3 Å². The minimum absolute atomic E-state index is 0.143. The molecule has 8 heteroatoms. The number of nitriles is 1. The molecule has 8 nitrogen and oxygen atoms in total. The van der Waals surface area contributed by atoms with E-state index in [4.69, 9.17) is 9.47 Å². The molecule has 0 radical (unpaired) electrons. The lowest BCUT2D eigenvalue weighted by Gasteiger charge is -2.26. The van der Waals surface area contributed by atoms with Crippen LogP contribution in [0.1, 0.15) is 36.4 Å². The minimum atomic E-state index is -0.822. The summed E-state index contributed by atoms with van der Waals surface area (Å²) in [5, 5.41) is 12.2. The van der Waals surface area contributed by atoms with Crippen LogP contribution < -0.4 is 5.32 Å². The Morgan fingerprint density at radius 2 is 1.89 bits per heavy atom. The first kappa shape index (κ1) is 26.2. The fraction of sp³-hybridized carbons (Fsp3) is 0.444. The molecule has 0 atom stereocenters. The van der Waals surface area contributed by atoms with E-state index in [2.05, 4.69) is 28.6 Å². The van der Waals surface area contributed by atoms with Crippen LogP contribution in [0.5, 0.6) is 0 Å². The van der Waals surface area contributed by atoms with Crippen LogP contribution in [0.15, 0.2) is 35.9 Å². The zero-order valence-corrected chi connectivity index (χ0v) is 21.0. The molecule has 1 fully saturated rings. The molecule has 0 saturated carbocycles. The second-order valence-electron chi connectivity index (χ2n) is 9.21. The van der Waals surface area contributed by atoms with Crippen LogP contribution in [0.2, 0.25) is 0 Å². The van der Waals surface area contributed by atoms with Crippen LogP contribution in [0, 0.1) is 31.1 Å². The number of carbonyl (C=O) groups excluding carboxylic acids is 2. The largest absolute Gasteiger partial charge is 0.451 e. The number of carbonyl (C=O) groups is 2. The second kappa shape index (κ2) is 12.3. The van der Waals surface area contributed by atoms with Crippen LogP contribution in [0.3, 0.4) is 0 Å². The number of benzene rings is 1. The van der Waals surface area contributed by atoms with Crippen molar-refractivity contribution >= 4 is 23.6 Å². The second-order valence-corrected chi connectivity index (χ2v) is 9.21. The van der Waals surface area contributed by atoms with E-state index in [0.717, 1.165) is 61.9 Å². The summed E-state index contributed by atoms with van der Waals surface area (Å²) in [6.07, 6.45) is 1.52. The molecule has 2 heterocycles. The number of nitrogens with one attached hydrogen (secondary N) is 1. The first-order chi connectivity index (χ1) is 16.8. The van der Waals surface area contributed by atoms with E-state index in [1.54, 1.807) is 0 Å². The van der Waals surface area contributed by atoms with E-state index in [1.807, 2.05) is 50.2 Å². The average molecular weight is 479 g/mol. The third-order valence-electron chi connectivity index (χ3n) is 5.88. The predicted molar refractivity (Wildman–Crippen MR) is 134 cm³/mol. The van der Waals surface area contributed by atoms with Gasteiger partial charge in [-0.3, -0.25) is 9.69 Å². The van der Waals surface area contributed by atoms with Gasteiger partial charge in [-0.25, -0.2) is 4.79 Å². The van der Waals surface area contributed by atoms with Gasteiger partial charge in [0, 0.05) is 43.3 Å². The number of ether oxygens (including phenoxy) is 2. The highest BCUT2D eigenvalue weighted by atomic mass is 16.5. The van der Waals surface area contributed by atoms with Gasteiger partial charge in [0.1, 0.15) is 11.6 Å². The number of nitrogens with zero attached hydrogens (tertiary/aromatic N) is 3. The smallest absolute Gasteiger partial charge is 0.349 e. The number of anilines is 1. The summed E-state index contributed by atoms with van der Waals surface area (Å²) in [6, 6.07) is 11.4. The molecule has 1 amide bonds. The van der Waals surface area contributed by atoms with Crippen molar-refractivity contribution in [1.82, 2.24) is 9.47 Å². The maximum absolute atomic E-state index is 12.4. The lowest BCUT2D eigenvalue weighted by atomic mass is 10.1. The van der Waals surface area contributed by atoms with E-state index in [0.29, 0.717) is 11.6 Å². The predicted octanol–water partition coefficient (Wildman–Crippen LogP) is 3.68. The highest BCUT2D eigenvalue weighted by molar-refractivity contribution is 6.00. The Balaban J connectivity index is 1.53. The maximum atomic E-state index is 12.4. The normalized spacial score (nSPS) is 14.6. The number of amides is 1. The zero-order chi connectivity index (χ0) is 25.4. The molecule has 0 spiro atoms. The van der Waals surface area contributed by atoms with Crippen LogP contribution in [0.25, 0.3) is 6.08 Å². The van der Waals surface area contributed by atoms with Crippen molar-refractivity contribution in [3.8, 4) is 6.07 Å². The Labute approximate surface area is 207 Å². The van der Waals surface area contributed by atoms with Gasteiger partial charge in [-0.1, -0.05) is 26.0 Å². The summed E-state index contributed by atoms with van der Waals surface area (Å²) < 4.78 is 12.6. The molecule has 1 N–H and O–H groups in total. The maximum Gasteiger partial charge on any atom is 0.349 e. The number of rotatable bonds is 9. The van der Waals surface area contributed by atoms with Crippen molar-refractivity contribution in [2.45, 2.75) is 40.8 Å². The topological polar surface area (TPSA) is 96.6 Å². The van der Waals surface area contributed by atoms with E-state index in [-0.39, 0.29) is 5.57 Å². The third-order valence-corrected chi connectivity index (χ3v) is 5.88. The number of aryl methyl sites for hydroxylation is 1. The van der Waals surface area contributed by atoms with Crippen LogP contribution in [-0.2, 0) is 32.2 Å². The Bertz CT molecular complexity index is 1100. The summed E-state index contributed by atoms with van der Waals surface area (Å²) in [4.78, 5) is 27.0. The van der Waals surface area contributed by atoms with Crippen molar-refractivity contribution in [3.63, 3.8) is 0 Å². The molecule has 1 aliphatic rings. The number of aromatic nitrogens is 1. The van der Waals surface area contributed by atoms with Crippen LogP contribution in [0.4, 0.5) is 5.69 Å². The van der Waals surface area contributed by atoms with Gasteiger partial charge in [0.25, 0.3) is 5.91 Å². The van der Waals surface area contributed by atoms with Gasteiger partial charge in [-0.2, -0.15) is 5.26 Å². The third kappa shape index (κ3) is 7.54. The SMILES string of the molecule is Cc1cc(/C=C(\C#N)C(=O)OCC(=O)Nc2ccc(CN3CCOCC3)cc2)c(C)n1CC(C)C. The average Bonchev–Trinajstić information content (AvgIpc) is 3.09. The lowest BCUT2D eigenvalue weighted by Crippen LogP contribution is -2.35. The highest BCUT2D eigenvalue weighted by Crippen LogP contribution is 2.20. The van der Waals surface area contributed by atoms with E-state index >= 15 is 0 Å². The van der Waals surface area contributed by atoms with Crippen molar-refractivity contribution < 1.29 is 19.1 Å². The molecule has 186 valence electrons. The molecule has 1 aromatic heterocycles. The van der Waals surface area contributed by atoms with Gasteiger partial charge in [0.05, 0.1) is 13.2 Å². The summed E-state index contributed by atoms with van der Waals surface area (Å²) in [5.74, 6) is -0.819. The van der Waals surface area contributed by atoms with Crippen LogP contribution >= 0.6 is 0 Å². The van der Waals surface area contributed by atoms with Gasteiger partial charge in [0.15, 0.2) is 6.61 Å². The van der Waals surface area contributed by atoms with Crippen molar-refractivity contribution in [1.29, 1.82) is 5.26 Å².